The molecule has 0 saturated carbocycles. The summed E-state index contributed by atoms with van der Waals surface area (Å²) < 4.78 is 4.73. The second-order valence-corrected chi connectivity index (χ2v) is 5.46. The molecule has 0 heterocycles. The second kappa shape index (κ2) is 5.89. The molecule has 1 aromatic rings. The van der Waals surface area contributed by atoms with Crippen LogP contribution in [0.2, 0.25) is 0 Å². The third-order valence-corrected chi connectivity index (χ3v) is 3.81. The molecule has 100 valence electrons. The highest BCUT2D eigenvalue weighted by Crippen LogP contribution is 2.39. The van der Waals surface area contributed by atoms with Gasteiger partial charge in [0.15, 0.2) is 0 Å². The van der Waals surface area contributed by atoms with Crippen molar-refractivity contribution in [2.45, 2.75) is 33.7 Å². The highest BCUT2D eigenvalue weighted by molar-refractivity contribution is 5.67. The number of carbonyl (C=O) groups excluding carboxylic acids is 1. The number of methoxy groups -OCH3 is 1. The molecular formula is C15H23NO2. The van der Waals surface area contributed by atoms with E-state index in [1.807, 2.05) is 30.3 Å². The van der Waals surface area contributed by atoms with Crippen LogP contribution in [-0.2, 0) is 4.74 Å². The van der Waals surface area contributed by atoms with Gasteiger partial charge in [-0.05, 0) is 16.9 Å². The van der Waals surface area contributed by atoms with E-state index in [1.54, 1.807) is 0 Å². The van der Waals surface area contributed by atoms with Crippen LogP contribution >= 0.6 is 0 Å². The number of hydrogen-bond donors (Lipinski definition) is 1. The molecule has 1 aromatic carbocycles. The smallest absolute Gasteiger partial charge is 0.407 e. The summed E-state index contributed by atoms with van der Waals surface area (Å²) in [4.78, 5) is 11.5. The molecular weight excluding hydrogens is 226 g/mol. The minimum Gasteiger partial charge on any atom is -0.453 e. The number of alkyl carbamates (subject to hydrolysis) is 1. The van der Waals surface area contributed by atoms with Crippen molar-refractivity contribution in [1.29, 1.82) is 0 Å². The first-order valence-corrected chi connectivity index (χ1v) is 6.29. The molecule has 3 heteroatoms. The molecule has 0 spiro atoms. The van der Waals surface area contributed by atoms with Crippen LogP contribution in [0.1, 0.15) is 39.3 Å². The van der Waals surface area contributed by atoms with Crippen molar-refractivity contribution in [1.82, 2.24) is 5.32 Å². The van der Waals surface area contributed by atoms with E-state index < -0.39 is 6.09 Å². The lowest BCUT2D eigenvalue weighted by Gasteiger charge is -2.38. The molecule has 1 atom stereocenters. The van der Waals surface area contributed by atoms with Gasteiger partial charge in [0.25, 0.3) is 0 Å². The van der Waals surface area contributed by atoms with Crippen LogP contribution in [-0.4, -0.2) is 13.2 Å². The number of benzene rings is 1. The van der Waals surface area contributed by atoms with Crippen LogP contribution in [0.5, 0.6) is 0 Å². The first-order valence-electron chi connectivity index (χ1n) is 6.29. The van der Waals surface area contributed by atoms with E-state index in [0.29, 0.717) is 5.92 Å². The lowest BCUT2D eigenvalue weighted by molar-refractivity contribution is 0.131. The van der Waals surface area contributed by atoms with Gasteiger partial charge < -0.3 is 10.1 Å². The third kappa shape index (κ3) is 3.25. The summed E-state index contributed by atoms with van der Waals surface area (Å²) in [6.45, 7) is 8.64. The molecule has 0 bridgehead atoms. The first-order chi connectivity index (χ1) is 8.39. The quantitative estimate of drug-likeness (QED) is 0.882. The highest BCUT2D eigenvalue weighted by Gasteiger charge is 2.35. The molecule has 1 amide bonds. The van der Waals surface area contributed by atoms with Crippen LogP contribution in [0, 0.1) is 11.3 Å². The summed E-state index contributed by atoms with van der Waals surface area (Å²) in [5.41, 5.74) is 1.04. The van der Waals surface area contributed by atoms with E-state index in [9.17, 15) is 4.79 Å². The Hall–Kier alpha value is -1.51. The zero-order chi connectivity index (χ0) is 13.8. The zero-order valence-corrected chi connectivity index (χ0v) is 11.9. The average molecular weight is 249 g/mol. The molecule has 0 aliphatic heterocycles. The van der Waals surface area contributed by atoms with Gasteiger partial charge in [0.1, 0.15) is 0 Å². The van der Waals surface area contributed by atoms with Gasteiger partial charge in [-0.3, -0.25) is 0 Å². The largest absolute Gasteiger partial charge is 0.453 e. The summed E-state index contributed by atoms with van der Waals surface area (Å²) in [6.07, 6.45) is -0.391. The summed E-state index contributed by atoms with van der Waals surface area (Å²) in [5.74, 6) is 0.430. The molecule has 1 N–H and O–H groups in total. The minimum absolute atomic E-state index is 0.0600. The molecule has 1 unspecified atom stereocenters. The van der Waals surface area contributed by atoms with Gasteiger partial charge in [-0.2, -0.15) is 0 Å². The van der Waals surface area contributed by atoms with Crippen LogP contribution < -0.4 is 5.32 Å². The normalized spacial score (nSPS) is 13.2. The Kier molecular flexibility index (Phi) is 4.76. The van der Waals surface area contributed by atoms with E-state index in [0.717, 1.165) is 5.56 Å². The topological polar surface area (TPSA) is 38.3 Å². The predicted molar refractivity (Wildman–Crippen MR) is 73.3 cm³/mol. The van der Waals surface area contributed by atoms with Crippen LogP contribution in [0.15, 0.2) is 30.3 Å². The maximum Gasteiger partial charge on any atom is 0.407 e. The SMILES string of the molecule is COC(=O)NC(c1ccccc1)C(C)(C)C(C)C. The summed E-state index contributed by atoms with van der Waals surface area (Å²) >= 11 is 0. The van der Waals surface area contributed by atoms with Gasteiger partial charge in [-0.1, -0.05) is 58.0 Å². The van der Waals surface area contributed by atoms with E-state index in [-0.39, 0.29) is 11.5 Å². The van der Waals surface area contributed by atoms with E-state index >= 15 is 0 Å². The highest BCUT2D eigenvalue weighted by atomic mass is 16.5. The fourth-order valence-corrected chi connectivity index (χ4v) is 1.85. The number of ether oxygens (including phenoxy) is 1. The fraction of sp³-hybridized carbons (Fsp3) is 0.533. The molecule has 0 saturated heterocycles. The van der Waals surface area contributed by atoms with Crippen molar-refractivity contribution >= 4 is 6.09 Å². The Morgan fingerprint density at radius 3 is 2.22 bits per heavy atom. The average Bonchev–Trinajstić information content (AvgIpc) is 2.36. The fourth-order valence-electron chi connectivity index (χ4n) is 1.85. The predicted octanol–water partition coefficient (Wildman–Crippen LogP) is 3.77. The molecule has 1 rings (SSSR count). The van der Waals surface area contributed by atoms with Crippen molar-refractivity contribution in [2.75, 3.05) is 7.11 Å². The molecule has 3 nitrogen and oxygen atoms in total. The van der Waals surface area contributed by atoms with Crippen LogP contribution in [0.4, 0.5) is 4.79 Å². The second-order valence-electron chi connectivity index (χ2n) is 5.46. The summed E-state index contributed by atoms with van der Waals surface area (Å²) in [5, 5.41) is 2.94. The Bertz CT molecular complexity index is 385. The van der Waals surface area contributed by atoms with Gasteiger partial charge in [0, 0.05) is 0 Å². The number of nitrogens with one attached hydrogen (secondary N) is 1. The summed E-state index contributed by atoms with van der Waals surface area (Å²) in [6, 6.07) is 9.94. The van der Waals surface area contributed by atoms with Gasteiger partial charge in [-0.15, -0.1) is 0 Å². The standard InChI is InChI=1S/C15H23NO2/c1-11(2)15(3,4)13(16-14(17)18-5)12-9-7-6-8-10-12/h6-11,13H,1-5H3,(H,16,17). The van der Waals surface area contributed by atoms with Crippen molar-refractivity contribution in [3.63, 3.8) is 0 Å². The Morgan fingerprint density at radius 2 is 1.78 bits per heavy atom. The summed E-state index contributed by atoms with van der Waals surface area (Å²) in [7, 11) is 1.39. The zero-order valence-electron chi connectivity index (χ0n) is 11.9. The molecule has 0 fully saturated rings. The Morgan fingerprint density at radius 1 is 1.22 bits per heavy atom. The van der Waals surface area contributed by atoms with Gasteiger partial charge in [0.05, 0.1) is 13.2 Å². The van der Waals surface area contributed by atoms with Crippen molar-refractivity contribution in [3.05, 3.63) is 35.9 Å². The Balaban J connectivity index is 3.07. The number of hydrogen-bond acceptors (Lipinski definition) is 2. The maximum atomic E-state index is 11.5. The van der Waals surface area contributed by atoms with Crippen LogP contribution in [0.25, 0.3) is 0 Å². The van der Waals surface area contributed by atoms with Crippen molar-refractivity contribution in [3.8, 4) is 0 Å². The number of amides is 1. The van der Waals surface area contributed by atoms with Gasteiger partial charge in [-0.25, -0.2) is 4.79 Å². The Labute approximate surface area is 110 Å². The van der Waals surface area contributed by atoms with Gasteiger partial charge >= 0.3 is 6.09 Å². The molecule has 0 aliphatic rings. The van der Waals surface area contributed by atoms with Crippen molar-refractivity contribution < 1.29 is 9.53 Å². The van der Waals surface area contributed by atoms with E-state index in [1.165, 1.54) is 7.11 Å². The minimum atomic E-state index is -0.391. The maximum absolute atomic E-state index is 11.5. The lowest BCUT2D eigenvalue weighted by atomic mass is 9.72. The molecule has 0 aromatic heterocycles. The third-order valence-electron chi connectivity index (χ3n) is 3.81. The van der Waals surface area contributed by atoms with E-state index in [4.69, 9.17) is 4.74 Å². The lowest BCUT2D eigenvalue weighted by Crippen LogP contribution is -2.40. The van der Waals surface area contributed by atoms with Crippen LogP contribution in [0.3, 0.4) is 0 Å². The van der Waals surface area contributed by atoms with Gasteiger partial charge in [0.2, 0.25) is 0 Å². The van der Waals surface area contributed by atoms with Crippen molar-refractivity contribution in [2.24, 2.45) is 11.3 Å². The molecule has 0 aliphatic carbocycles. The molecule has 18 heavy (non-hydrogen) atoms. The van der Waals surface area contributed by atoms with E-state index in [2.05, 4.69) is 33.0 Å². The molecule has 0 radical (unpaired) electrons. The monoisotopic (exact) mass is 249 g/mol. The number of rotatable bonds is 4. The number of carbonyl (C=O) groups is 1. The first kappa shape index (κ1) is 14.6.